The van der Waals surface area contributed by atoms with Gasteiger partial charge in [0.25, 0.3) is 0 Å². The molecule has 6 N–H and O–H groups in total. The number of hydrogen-bond acceptors (Lipinski definition) is 9. The van der Waals surface area contributed by atoms with E-state index in [4.69, 9.17) is 4.74 Å². The number of aldehydes is 1. The molecule has 17 atom stereocenters. The van der Waals surface area contributed by atoms with Gasteiger partial charge in [-0.2, -0.15) is 0 Å². The van der Waals surface area contributed by atoms with Gasteiger partial charge < -0.3 is 40.4 Å². The van der Waals surface area contributed by atoms with E-state index in [9.17, 15) is 35.1 Å². The second kappa shape index (κ2) is 12.8. The van der Waals surface area contributed by atoms with Gasteiger partial charge in [-0.15, -0.1) is 0 Å². The molecular weight excluding hydrogens is 707 g/mol. The molecule has 11 rings (SSSR count). The van der Waals surface area contributed by atoms with Crippen LogP contribution in [0.5, 0.6) is 0 Å². The summed E-state index contributed by atoms with van der Waals surface area (Å²) in [4.78, 5) is 27.4. The highest BCUT2D eigenvalue weighted by Gasteiger charge is 2.83. The van der Waals surface area contributed by atoms with Crippen molar-refractivity contribution >= 4 is 12.3 Å². The molecule has 1 aromatic carbocycles. The second-order valence-electron chi connectivity index (χ2n) is 19.9. The van der Waals surface area contributed by atoms with E-state index in [1.54, 1.807) is 6.08 Å². The number of rotatable bonds is 3. The number of nitrogens with one attached hydrogen (secondary N) is 1. The summed E-state index contributed by atoms with van der Waals surface area (Å²) in [5, 5.41) is 67.1. The maximum atomic E-state index is 14.1. The van der Waals surface area contributed by atoms with Gasteiger partial charge in [-0.1, -0.05) is 43.0 Å². The number of allylic oxidation sites excluding steroid dienone is 2. The Labute approximate surface area is 330 Å². The smallest absolute Gasteiger partial charge is 0.331 e. The van der Waals surface area contributed by atoms with Crippen LogP contribution >= 0.6 is 0 Å². The van der Waals surface area contributed by atoms with Crippen LogP contribution in [0.15, 0.2) is 42.0 Å². The minimum atomic E-state index is -1.70. The summed E-state index contributed by atoms with van der Waals surface area (Å²) in [5.41, 5.74) is -3.45. The van der Waals surface area contributed by atoms with E-state index >= 15 is 0 Å². The lowest BCUT2D eigenvalue weighted by Crippen LogP contribution is -2.80. The number of fused-ring (bicyclic) bond motifs is 7. The lowest BCUT2D eigenvalue weighted by Gasteiger charge is -2.72. The van der Waals surface area contributed by atoms with Crippen LogP contribution in [0.25, 0.3) is 0 Å². The zero-order valence-electron chi connectivity index (χ0n) is 32.8. The molecule has 4 bridgehead atoms. The topological polar surface area (TPSA) is 157 Å². The molecule has 6 saturated carbocycles. The van der Waals surface area contributed by atoms with Gasteiger partial charge in [0.15, 0.2) is 0 Å². The van der Waals surface area contributed by atoms with E-state index < -0.39 is 57.6 Å². The average molecular weight is 766 g/mol. The summed E-state index contributed by atoms with van der Waals surface area (Å²) in [5.74, 6) is 5.16. The zero-order valence-corrected chi connectivity index (χ0v) is 32.8. The Bertz CT molecular complexity index is 1950. The Morgan fingerprint density at radius 1 is 1.05 bits per heavy atom. The van der Waals surface area contributed by atoms with E-state index in [1.807, 2.05) is 25.2 Å². The summed E-state index contributed by atoms with van der Waals surface area (Å²) in [6.07, 6.45) is 12.3. The predicted octanol–water partition coefficient (Wildman–Crippen LogP) is 4.15. The van der Waals surface area contributed by atoms with Gasteiger partial charge >= 0.3 is 5.97 Å². The third-order valence-electron chi connectivity index (χ3n) is 18.4. The largest absolute Gasteiger partial charge is 0.454 e. The molecule has 6 fully saturated rings. The van der Waals surface area contributed by atoms with Crippen molar-refractivity contribution in [3.63, 3.8) is 0 Å². The molecule has 1 spiro atoms. The molecule has 56 heavy (non-hydrogen) atoms. The molecule has 1 heterocycles. The third kappa shape index (κ3) is 4.61. The number of ether oxygens (including phenoxy) is 1. The average Bonchev–Trinajstić information content (AvgIpc) is 3.65. The van der Waals surface area contributed by atoms with Gasteiger partial charge in [-0.05, 0) is 142 Å². The fourth-order valence-electron chi connectivity index (χ4n) is 16.2. The Morgan fingerprint density at radius 2 is 1.89 bits per heavy atom. The Balaban J connectivity index is 1.15. The first-order chi connectivity index (χ1) is 26.9. The van der Waals surface area contributed by atoms with E-state index in [0.29, 0.717) is 70.1 Å². The molecular formula is C47H59NO8. The van der Waals surface area contributed by atoms with Gasteiger partial charge in [-0.3, -0.25) is 0 Å². The monoisotopic (exact) mass is 765 g/mol. The van der Waals surface area contributed by atoms with E-state index in [2.05, 4.69) is 36.2 Å². The number of benzene rings is 1. The fourth-order valence-corrected chi connectivity index (χ4v) is 16.2. The van der Waals surface area contributed by atoms with Crippen LogP contribution in [0.3, 0.4) is 0 Å². The predicted molar refractivity (Wildman–Crippen MR) is 207 cm³/mol. The summed E-state index contributed by atoms with van der Waals surface area (Å²) < 4.78 is 6.23. The van der Waals surface area contributed by atoms with Gasteiger partial charge in [0.05, 0.1) is 29.3 Å². The quantitative estimate of drug-likeness (QED) is 0.115. The molecule has 0 amide bonds. The number of aliphatic hydroxyl groups excluding tert-OH is 2. The van der Waals surface area contributed by atoms with Crippen molar-refractivity contribution in [1.82, 2.24) is 5.32 Å². The minimum absolute atomic E-state index is 0.0715. The normalized spacial score (nSPS) is 51.0. The van der Waals surface area contributed by atoms with Gasteiger partial charge in [0, 0.05) is 47.3 Å². The maximum Gasteiger partial charge on any atom is 0.331 e. The zero-order chi connectivity index (χ0) is 39.0. The van der Waals surface area contributed by atoms with Crippen LogP contribution in [0.1, 0.15) is 101 Å². The fraction of sp³-hybridized carbons (Fsp3) is 0.702. The molecule has 1 aliphatic heterocycles. The van der Waals surface area contributed by atoms with Gasteiger partial charge in [0.1, 0.15) is 18.0 Å². The lowest BCUT2D eigenvalue weighted by atomic mass is 9.36. The number of carbonyl (C=O) groups is 2. The molecule has 9 heteroatoms. The summed E-state index contributed by atoms with van der Waals surface area (Å²) in [7, 11) is 1.93. The van der Waals surface area contributed by atoms with Crippen molar-refractivity contribution in [2.45, 2.75) is 132 Å². The standard InChI is InChI=1S/C47H59NO8/c1-26-7-5-10-28-18-36-38(51)12-15-44(25-50)39-13-16-43-14-4-3-8-27-9-6-11-29(24-49)33(27)20-37(48-2)34-17-30(41(43)35-21-40(52)56-42(34)35)22-46(43,54)45(39,53)23-31(19-32(26)28)47(36,44)55/h5-6,9-11,21,25-26,28,30-32,34,36-39,41-42,48-49,51,53-55H,4,7,12-20,22-24H2,1-2H3. The number of likely N-dealkylation sites (N-methyl/N-ethyl adjacent to an activating group) is 1. The Kier molecular flexibility index (Phi) is 8.57. The van der Waals surface area contributed by atoms with Crippen molar-refractivity contribution in [1.29, 1.82) is 0 Å². The molecule has 10 aliphatic rings. The van der Waals surface area contributed by atoms with Crippen LogP contribution in [0, 0.1) is 75.9 Å². The van der Waals surface area contributed by atoms with Crippen molar-refractivity contribution < 1.29 is 39.9 Å². The molecule has 300 valence electrons. The van der Waals surface area contributed by atoms with Gasteiger partial charge in [0.2, 0.25) is 0 Å². The minimum Gasteiger partial charge on any atom is -0.454 e. The van der Waals surface area contributed by atoms with Crippen LogP contribution in [-0.4, -0.2) is 79.9 Å². The van der Waals surface area contributed by atoms with E-state index in [-0.39, 0.29) is 61.0 Å². The highest BCUT2D eigenvalue weighted by Crippen LogP contribution is 2.77. The summed E-state index contributed by atoms with van der Waals surface area (Å²) >= 11 is 0. The molecule has 1 aromatic rings. The molecule has 0 aromatic heterocycles. The Morgan fingerprint density at radius 3 is 2.68 bits per heavy atom. The molecule has 0 saturated heterocycles. The SMILES string of the molecule is CNC1Cc2c(cccc2CO)C#CCCC23CCC4C(O)(CC5CC6C(C)CC=CC6CC6C(O)CCC4(C=O)C56O)C2(O)CC2CC1C1OC(=O)C=C1C23. The first-order valence-corrected chi connectivity index (χ1v) is 21.7. The first-order valence-electron chi connectivity index (χ1n) is 21.7. The highest BCUT2D eigenvalue weighted by atomic mass is 16.5. The van der Waals surface area contributed by atoms with Crippen LogP contribution < -0.4 is 5.32 Å². The third-order valence-corrected chi connectivity index (χ3v) is 18.4. The lowest BCUT2D eigenvalue weighted by molar-refractivity contribution is -0.343. The number of hydrogen-bond donors (Lipinski definition) is 6. The van der Waals surface area contributed by atoms with E-state index in [0.717, 1.165) is 35.0 Å². The first kappa shape index (κ1) is 37.4. The van der Waals surface area contributed by atoms with Crippen LogP contribution in [0.2, 0.25) is 0 Å². The second-order valence-corrected chi connectivity index (χ2v) is 19.9. The number of aliphatic hydroxyl groups is 5. The Hall–Kier alpha value is -2.84. The van der Waals surface area contributed by atoms with Crippen LogP contribution in [-0.2, 0) is 27.4 Å². The number of esters is 1. The van der Waals surface area contributed by atoms with Crippen molar-refractivity contribution in [3.8, 4) is 11.8 Å². The maximum absolute atomic E-state index is 14.1. The summed E-state index contributed by atoms with van der Waals surface area (Å²) in [6, 6.07) is 5.73. The highest BCUT2D eigenvalue weighted by molar-refractivity contribution is 5.86. The van der Waals surface area contributed by atoms with Crippen LogP contribution in [0.4, 0.5) is 0 Å². The molecule has 9 nitrogen and oxygen atoms in total. The van der Waals surface area contributed by atoms with Crippen molar-refractivity contribution in [3.05, 3.63) is 58.7 Å². The summed E-state index contributed by atoms with van der Waals surface area (Å²) in [6.45, 7) is 2.15. The van der Waals surface area contributed by atoms with Gasteiger partial charge in [-0.25, -0.2) is 4.79 Å². The molecule has 9 aliphatic carbocycles. The van der Waals surface area contributed by atoms with E-state index in [1.165, 1.54) is 0 Å². The molecule has 0 radical (unpaired) electrons. The van der Waals surface area contributed by atoms with Crippen molar-refractivity contribution in [2.75, 3.05) is 7.05 Å². The number of carbonyl (C=O) groups excluding carboxylic acids is 2. The molecule has 17 unspecified atom stereocenters. The van der Waals surface area contributed by atoms with Crippen molar-refractivity contribution in [2.24, 2.45) is 64.1 Å².